The van der Waals surface area contributed by atoms with Gasteiger partial charge in [-0.3, -0.25) is 9.59 Å². The SMILES string of the molecule is Cc1ccc(-c2nc(C(=O)Nc3cccc(C)c3C(N)=O)cs2)c(C)c1. The first-order chi connectivity index (χ1) is 12.4. The number of thiazole rings is 1. The summed E-state index contributed by atoms with van der Waals surface area (Å²) in [5.74, 6) is -0.946. The number of benzene rings is 2. The highest BCUT2D eigenvalue weighted by Crippen LogP contribution is 2.28. The van der Waals surface area contributed by atoms with E-state index >= 15 is 0 Å². The van der Waals surface area contributed by atoms with Gasteiger partial charge < -0.3 is 11.1 Å². The lowest BCUT2D eigenvalue weighted by Gasteiger charge is -2.10. The fraction of sp³-hybridized carbons (Fsp3) is 0.150. The van der Waals surface area contributed by atoms with Crippen molar-refractivity contribution < 1.29 is 9.59 Å². The second-order valence-electron chi connectivity index (χ2n) is 6.17. The minimum absolute atomic E-state index is 0.307. The van der Waals surface area contributed by atoms with Crippen LogP contribution in [0.2, 0.25) is 0 Å². The molecule has 6 heteroatoms. The molecule has 0 radical (unpaired) electrons. The quantitative estimate of drug-likeness (QED) is 0.730. The minimum atomic E-state index is -0.576. The Morgan fingerprint density at radius 3 is 2.54 bits per heavy atom. The Bertz CT molecular complexity index is 1010. The molecule has 3 rings (SSSR count). The predicted molar refractivity (Wildman–Crippen MR) is 105 cm³/mol. The van der Waals surface area contributed by atoms with E-state index in [-0.39, 0.29) is 5.91 Å². The van der Waals surface area contributed by atoms with Crippen molar-refractivity contribution in [3.8, 4) is 10.6 Å². The molecule has 1 aromatic heterocycles. The fourth-order valence-corrected chi connectivity index (χ4v) is 3.73. The molecule has 2 aromatic carbocycles. The Labute approximate surface area is 155 Å². The normalized spacial score (nSPS) is 10.6. The number of carbonyl (C=O) groups is 2. The molecular weight excluding hydrogens is 346 g/mol. The molecule has 0 aliphatic rings. The first kappa shape index (κ1) is 17.8. The van der Waals surface area contributed by atoms with Crippen LogP contribution in [-0.4, -0.2) is 16.8 Å². The molecule has 3 aromatic rings. The van der Waals surface area contributed by atoms with Crippen molar-refractivity contribution in [1.29, 1.82) is 0 Å². The molecule has 132 valence electrons. The summed E-state index contributed by atoms with van der Waals surface area (Å²) in [6.45, 7) is 5.84. The summed E-state index contributed by atoms with van der Waals surface area (Å²) in [4.78, 5) is 28.7. The van der Waals surface area contributed by atoms with Gasteiger partial charge in [-0.25, -0.2) is 4.98 Å². The maximum absolute atomic E-state index is 12.6. The number of amides is 2. The topological polar surface area (TPSA) is 85.1 Å². The Balaban J connectivity index is 1.88. The number of aromatic nitrogens is 1. The highest BCUT2D eigenvalue weighted by molar-refractivity contribution is 7.13. The molecular formula is C20H19N3O2S. The molecule has 0 saturated heterocycles. The number of nitrogens with two attached hydrogens (primary N) is 1. The number of rotatable bonds is 4. The number of hydrogen-bond acceptors (Lipinski definition) is 4. The molecule has 2 amide bonds. The average Bonchev–Trinajstić information content (AvgIpc) is 3.04. The molecule has 0 aliphatic carbocycles. The number of aryl methyl sites for hydroxylation is 3. The maximum Gasteiger partial charge on any atom is 0.275 e. The molecule has 0 saturated carbocycles. The first-order valence-electron chi connectivity index (χ1n) is 8.10. The number of anilines is 1. The van der Waals surface area contributed by atoms with Crippen molar-refractivity contribution >= 4 is 28.8 Å². The number of hydrogen-bond donors (Lipinski definition) is 2. The molecule has 0 fully saturated rings. The summed E-state index contributed by atoms with van der Waals surface area (Å²) in [7, 11) is 0. The molecule has 26 heavy (non-hydrogen) atoms. The summed E-state index contributed by atoms with van der Waals surface area (Å²) in [6, 6.07) is 11.3. The van der Waals surface area contributed by atoms with E-state index in [0.29, 0.717) is 22.5 Å². The fourth-order valence-electron chi connectivity index (χ4n) is 2.84. The van der Waals surface area contributed by atoms with Crippen molar-refractivity contribution in [1.82, 2.24) is 4.98 Å². The second kappa shape index (κ2) is 7.09. The summed E-state index contributed by atoms with van der Waals surface area (Å²) < 4.78 is 0. The number of nitrogens with one attached hydrogen (secondary N) is 1. The van der Waals surface area contributed by atoms with Gasteiger partial charge in [0.05, 0.1) is 11.3 Å². The number of primary amides is 1. The average molecular weight is 365 g/mol. The van der Waals surface area contributed by atoms with E-state index in [4.69, 9.17) is 5.73 Å². The molecule has 5 nitrogen and oxygen atoms in total. The molecule has 0 atom stereocenters. The highest BCUT2D eigenvalue weighted by atomic mass is 32.1. The zero-order chi connectivity index (χ0) is 18.8. The van der Waals surface area contributed by atoms with Crippen LogP contribution in [0, 0.1) is 20.8 Å². The van der Waals surface area contributed by atoms with E-state index in [9.17, 15) is 9.59 Å². The van der Waals surface area contributed by atoms with E-state index < -0.39 is 5.91 Å². The predicted octanol–water partition coefficient (Wildman–Crippen LogP) is 4.09. The van der Waals surface area contributed by atoms with Gasteiger partial charge in [-0.1, -0.05) is 35.9 Å². The standard InChI is InChI=1S/C20H19N3O2S/c1-11-7-8-14(13(3)9-11)20-23-16(10-26-20)19(25)22-15-6-4-5-12(2)17(15)18(21)24/h4-10H,1-3H3,(H2,21,24)(H,22,25). The maximum atomic E-state index is 12.6. The van der Waals surface area contributed by atoms with Crippen molar-refractivity contribution in [3.63, 3.8) is 0 Å². The lowest BCUT2D eigenvalue weighted by Crippen LogP contribution is -2.19. The zero-order valence-electron chi connectivity index (χ0n) is 14.8. The Morgan fingerprint density at radius 1 is 1.08 bits per heavy atom. The monoisotopic (exact) mass is 365 g/mol. The molecule has 0 bridgehead atoms. The number of carbonyl (C=O) groups excluding carboxylic acids is 2. The van der Waals surface area contributed by atoms with Crippen LogP contribution >= 0.6 is 11.3 Å². The Morgan fingerprint density at radius 2 is 1.85 bits per heavy atom. The van der Waals surface area contributed by atoms with Crippen LogP contribution in [0.4, 0.5) is 5.69 Å². The van der Waals surface area contributed by atoms with Gasteiger partial charge in [-0.2, -0.15) is 0 Å². The van der Waals surface area contributed by atoms with Crippen molar-refractivity contribution in [3.05, 3.63) is 69.7 Å². The van der Waals surface area contributed by atoms with Gasteiger partial charge in [0.1, 0.15) is 10.7 Å². The van der Waals surface area contributed by atoms with E-state index in [1.807, 2.05) is 26.0 Å². The Kier molecular flexibility index (Phi) is 4.86. The smallest absolute Gasteiger partial charge is 0.275 e. The van der Waals surface area contributed by atoms with E-state index in [0.717, 1.165) is 16.1 Å². The summed E-state index contributed by atoms with van der Waals surface area (Å²) in [6.07, 6.45) is 0. The summed E-state index contributed by atoms with van der Waals surface area (Å²) >= 11 is 1.41. The van der Waals surface area contributed by atoms with Gasteiger partial charge in [-0.15, -0.1) is 11.3 Å². The van der Waals surface area contributed by atoms with Crippen molar-refractivity contribution in [2.45, 2.75) is 20.8 Å². The van der Waals surface area contributed by atoms with Gasteiger partial charge in [0.15, 0.2) is 0 Å². The van der Waals surface area contributed by atoms with Crippen LogP contribution in [0.1, 0.15) is 37.5 Å². The second-order valence-corrected chi connectivity index (χ2v) is 7.03. The van der Waals surface area contributed by atoms with Gasteiger partial charge >= 0.3 is 0 Å². The van der Waals surface area contributed by atoms with Gasteiger partial charge in [0, 0.05) is 10.9 Å². The number of nitrogens with zero attached hydrogens (tertiary/aromatic N) is 1. The molecule has 1 heterocycles. The Hall–Kier alpha value is -2.99. The summed E-state index contributed by atoms with van der Waals surface area (Å²) in [5.41, 5.74) is 10.5. The third kappa shape index (κ3) is 3.50. The van der Waals surface area contributed by atoms with Crippen LogP contribution in [0.3, 0.4) is 0 Å². The lowest BCUT2D eigenvalue weighted by molar-refractivity contribution is 0.100. The first-order valence-corrected chi connectivity index (χ1v) is 8.98. The van der Waals surface area contributed by atoms with E-state index in [1.165, 1.54) is 16.9 Å². The molecule has 0 spiro atoms. The molecule has 0 aliphatic heterocycles. The van der Waals surface area contributed by atoms with Crippen molar-refractivity contribution in [2.75, 3.05) is 5.32 Å². The van der Waals surface area contributed by atoms with Crippen LogP contribution in [0.15, 0.2) is 41.8 Å². The van der Waals surface area contributed by atoms with Crippen LogP contribution in [-0.2, 0) is 0 Å². The van der Waals surface area contributed by atoms with Crippen molar-refractivity contribution in [2.24, 2.45) is 5.73 Å². The van der Waals surface area contributed by atoms with Crippen LogP contribution < -0.4 is 11.1 Å². The third-order valence-electron chi connectivity index (χ3n) is 4.12. The highest BCUT2D eigenvalue weighted by Gasteiger charge is 2.17. The summed E-state index contributed by atoms with van der Waals surface area (Å²) in [5, 5.41) is 5.24. The minimum Gasteiger partial charge on any atom is -0.366 e. The van der Waals surface area contributed by atoms with Gasteiger partial charge in [0.2, 0.25) is 0 Å². The molecule has 0 unspecified atom stereocenters. The largest absolute Gasteiger partial charge is 0.366 e. The lowest BCUT2D eigenvalue weighted by atomic mass is 10.1. The van der Waals surface area contributed by atoms with E-state index in [1.54, 1.807) is 30.5 Å². The van der Waals surface area contributed by atoms with Gasteiger partial charge in [0.25, 0.3) is 11.8 Å². The molecule has 3 N–H and O–H groups in total. The van der Waals surface area contributed by atoms with Gasteiger partial charge in [-0.05, 0) is 38.0 Å². The van der Waals surface area contributed by atoms with E-state index in [2.05, 4.69) is 16.4 Å². The third-order valence-corrected chi connectivity index (χ3v) is 4.99. The van der Waals surface area contributed by atoms with Crippen LogP contribution in [0.25, 0.3) is 10.6 Å². The van der Waals surface area contributed by atoms with Crippen LogP contribution in [0.5, 0.6) is 0 Å². The zero-order valence-corrected chi connectivity index (χ0v) is 15.6.